The Morgan fingerprint density at radius 2 is 1.58 bits per heavy atom. The van der Waals surface area contributed by atoms with Gasteiger partial charge in [0.15, 0.2) is 5.65 Å². The van der Waals surface area contributed by atoms with E-state index in [4.69, 9.17) is 9.72 Å². The second-order valence-electron chi connectivity index (χ2n) is 8.09. The van der Waals surface area contributed by atoms with Crippen LogP contribution in [0, 0.1) is 9.49 Å². The Bertz CT molecular complexity index is 1170. The molecule has 0 spiro atoms. The number of rotatable bonds is 5. The number of aromatic nitrogens is 3. The monoisotopic (exact) mass is 527 g/mol. The van der Waals surface area contributed by atoms with Crippen LogP contribution in [0.2, 0.25) is 0 Å². The Balaban J connectivity index is 1.37. The highest BCUT2D eigenvalue weighted by Crippen LogP contribution is 2.31. The summed E-state index contributed by atoms with van der Waals surface area (Å²) >= 11 is 2.32. The third-order valence-electron chi connectivity index (χ3n) is 5.96. The first-order valence-electron chi connectivity index (χ1n) is 10.6. The van der Waals surface area contributed by atoms with E-state index in [0.717, 1.165) is 46.0 Å². The summed E-state index contributed by atoms with van der Waals surface area (Å²) in [6.45, 7) is -0.227. The highest BCUT2D eigenvalue weighted by molar-refractivity contribution is 14.1. The van der Waals surface area contributed by atoms with Crippen LogP contribution >= 0.6 is 22.6 Å². The zero-order valence-electron chi connectivity index (χ0n) is 17.0. The van der Waals surface area contributed by atoms with Crippen molar-refractivity contribution in [1.29, 1.82) is 0 Å². The van der Waals surface area contributed by atoms with E-state index in [-0.39, 0.29) is 18.7 Å². The van der Waals surface area contributed by atoms with Crippen molar-refractivity contribution in [3.05, 3.63) is 64.2 Å². The van der Waals surface area contributed by atoms with Crippen LogP contribution in [0.1, 0.15) is 25.7 Å². The zero-order chi connectivity index (χ0) is 21.2. The fraction of sp³-hybridized carbons (Fsp3) is 0.280. The molecule has 31 heavy (non-hydrogen) atoms. The van der Waals surface area contributed by atoms with Gasteiger partial charge in [0, 0.05) is 9.13 Å². The molecule has 0 radical (unpaired) electrons. The smallest absolute Gasteiger partial charge is 0.296 e. The van der Waals surface area contributed by atoms with E-state index >= 15 is 0 Å². The van der Waals surface area contributed by atoms with Gasteiger partial charge in [-0.25, -0.2) is 4.98 Å². The second-order valence-corrected chi connectivity index (χ2v) is 9.25. The van der Waals surface area contributed by atoms with Crippen LogP contribution in [-0.2, 0) is 0 Å². The summed E-state index contributed by atoms with van der Waals surface area (Å²) in [7, 11) is 0. The second kappa shape index (κ2) is 8.94. The number of benzene rings is 2. The number of aromatic amines is 1. The van der Waals surface area contributed by atoms with E-state index in [1.807, 2.05) is 18.2 Å². The summed E-state index contributed by atoms with van der Waals surface area (Å²) in [5, 5.41) is 0. The number of alkyl halides is 1. The van der Waals surface area contributed by atoms with Crippen LogP contribution in [0.5, 0.6) is 6.01 Å². The van der Waals surface area contributed by atoms with E-state index in [9.17, 15) is 4.39 Å². The van der Waals surface area contributed by atoms with Gasteiger partial charge in [-0.15, -0.1) is 0 Å². The molecule has 2 aromatic carbocycles. The summed E-state index contributed by atoms with van der Waals surface area (Å²) in [4.78, 5) is 12.6. The number of pyridine rings is 1. The number of H-pyrrole nitrogens is 1. The van der Waals surface area contributed by atoms with E-state index in [1.165, 1.54) is 11.1 Å². The molecule has 0 amide bonds. The molecule has 0 saturated heterocycles. The van der Waals surface area contributed by atoms with Crippen LogP contribution in [0.15, 0.2) is 60.7 Å². The van der Waals surface area contributed by atoms with Gasteiger partial charge in [0.25, 0.3) is 6.01 Å². The van der Waals surface area contributed by atoms with E-state index in [0.29, 0.717) is 11.7 Å². The predicted molar refractivity (Wildman–Crippen MR) is 130 cm³/mol. The van der Waals surface area contributed by atoms with Crippen molar-refractivity contribution in [1.82, 2.24) is 15.0 Å². The SMILES string of the molecule is FC[C@H]1CC[C@H](Oc2nc3nc(-c4ccc(-c5ccccc5)cc4)c(I)cc3[nH]2)CC1. The Morgan fingerprint density at radius 3 is 2.29 bits per heavy atom. The molecule has 1 saturated carbocycles. The van der Waals surface area contributed by atoms with Crippen LogP contribution in [0.4, 0.5) is 4.39 Å². The Labute approximate surface area is 194 Å². The molecule has 1 aliphatic rings. The van der Waals surface area contributed by atoms with Crippen molar-refractivity contribution in [3.63, 3.8) is 0 Å². The fourth-order valence-corrected chi connectivity index (χ4v) is 4.91. The Hall–Kier alpha value is -2.48. The van der Waals surface area contributed by atoms with Gasteiger partial charge in [-0.3, -0.25) is 4.39 Å². The van der Waals surface area contributed by atoms with Crippen molar-refractivity contribution in [3.8, 4) is 28.4 Å². The van der Waals surface area contributed by atoms with Gasteiger partial charge in [-0.2, -0.15) is 4.98 Å². The molecular weight excluding hydrogens is 504 g/mol. The van der Waals surface area contributed by atoms with Crippen molar-refractivity contribution < 1.29 is 9.13 Å². The molecule has 1 N–H and O–H groups in total. The van der Waals surface area contributed by atoms with Crippen molar-refractivity contribution >= 4 is 33.8 Å². The van der Waals surface area contributed by atoms with Crippen molar-refractivity contribution in [2.24, 2.45) is 5.92 Å². The predicted octanol–water partition coefficient (Wildman–Crippen LogP) is 6.80. The molecule has 6 heteroatoms. The molecule has 4 aromatic rings. The molecule has 1 aliphatic carbocycles. The fourth-order valence-electron chi connectivity index (χ4n) is 4.17. The molecule has 0 unspecified atom stereocenters. The average molecular weight is 527 g/mol. The van der Waals surface area contributed by atoms with Gasteiger partial charge in [-0.1, -0.05) is 54.6 Å². The lowest BCUT2D eigenvalue weighted by atomic mass is 9.88. The largest absolute Gasteiger partial charge is 0.461 e. The van der Waals surface area contributed by atoms with Gasteiger partial charge in [-0.05, 0) is 71.4 Å². The highest BCUT2D eigenvalue weighted by atomic mass is 127. The third kappa shape index (κ3) is 4.44. The minimum absolute atomic E-state index is 0.0902. The standard InChI is InChI=1S/C25H23FIN3O/c26-15-16-6-12-20(13-7-16)31-25-28-22-14-21(27)23(29-24(22)30-25)19-10-8-18(9-11-19)17-4-2-1-3-5-17/h1-5,8-11,14,16,20H,6-7,12-13,15H2,(H,28,29,30)/t16-,20-. The first-order chi connectivity index (χ1) is 15.2. The van der Waals surface area contributed by atoms with E-state index < -0.39 is 0 Å². The minimum atomic E-state index is -0.227. The van der Waals surface area contributed by atoms with Crippen LogP contribution < -0.4 is 4.74 Å². The van der Waals surface area contributed by atoms with Crippen LogP contribution in [0.3, 0.4) is 0 Å². The summed E-state index contributed by atoms with van der Waals surface area (Å²) in [6.07, 6.45) is 3.58. The maximum Gasteiger partial charge on any atom is 0.296 e. The first-order valence-corrected chi connectivity index (χ1v) is 11.7. The zero-order valence-corrected chi connectivity index (χ0v) is 19.2. The lowest BCUT2D eigenvalue weighted by Crippen LogP contribution is -2.25. The molecule has 2 heterocycles. The minimum Gasteiger partial charge on any atom is -0.461 e. The maximum atomic E-state index is 12.8. The lowest BCUT2D eigenvalue weighted by Gasteiger charge is -2.26. The van der Waals surface area contributed by atoms with Gasteiger partial charge < -0.3 is 9.72 Å². The normalized spacial score (nSPS) is 18.9. The number of nitrogens with zero attached hydrogens (tertiary/aromatic N) is 2. The van der Waals surface area contributed by atoms with Gasteiger partial charge in [0.2, 0.25) is 0 Å². The Morgan fingerprint density at radius 1 is 0.903 bits per heavy atom. The average Bonchev–Trinajstić information content (AvgIpc) is 3.20. The number of halogens is 2. The number of hydrogen-bond donors (Lipinski definition) is 1. The molecule has 0 bridgehead atoms. The quantitative estimate of drug-likeness (QED) is 0.291. The van der Waals surface area contributed by atoms with Crippen molar-refractivity contribution in [2.75, 3.05) is 6.67 Å². The Kier molecular flexibility index (Phi) is 5.89. The number of imidazole rings is 1. The number of nitrogens with one attached hydrogen (secondary N) is 1. The van der Waals surface area contributed by atoms with Gasteiger partial charge in [0.1, 0.15) is 6.10 Å². The third-order valence-corrected chi connectivity index (χ3v) is 6.78. The van der Waals surface area contributed by atoms with E-state index in [2.05, 4.69) is 75.0 Å². The topological polar surface area (TPSA) is 50.8 Å². The molecule has 0 atom stereocenters. The molecule has 158 valence electrons. The van der Waals surface area contributed by atoms with Crippen LogP contribution in [0.25, 0.3) is 33.5 Å². The molecular formula is C25H23FIN3O. The first kappa shape index (κ1) is 20.4. The lowest BCUT2D eigenvalue weighted by molar-refractivity contribution is 0.113. The number of ether oxygens (including phenoxy) is 1. The molecule has 2 aromatic heterocycles. The molecule has 4 nitrogen and oxygen atoms in total. The van der Waals surface area contributed by atoms with Crippen molar-refractivity contribution in [2.45, 2.75) is 31.8 Å². The highest BCUT2D eigenvalue weighted by Gasteiger charge is 2.23. The van der Waals surface area contributed by atoms with Gasteiger partial charge >= 0.3 is 0 Å². The molecule has 0 aliphatic heterocycles. The van der Waals surface area contributed by atoms with E-state index in [1.54, 1.807) is 0 Å². The maximum absolute atomic E-state index is 12.8. The number of fused-ring (bicyclic) bond motifs is 1. The summed E-state index contributed by atoms with van der Waals surface area (Å²) in [6, 6.07) is 21.4. The van der Waals surface area contributed by atoms with Crippen LogP contribution in [-0.4, -0.2) is 27.7 Å². The van der Waals surface area contributed by atoms with Gasteiger partial charge in [0.05, 0.1) is 17.9 Å². The summed E-state index contributed by atoms with van der Waals surface area (Å²) in [5.74, 6) is 0.189. The summed E-state index contributed by atoms with van der Waals surface area (Å²) in [5.41, 5.74) is 5.85. The number of hydrogen-bond acceptors (Lipinski definition) is 3. The molecule has 1 fully saturated rings. The molecule has 5 rings (SSSR count). The summed E-state index contributed by atoms with van der Waals surface area (Å²) < 4.78 is 19.9.